The van der Waals surface area contributed by atoms with Gasteiger partial charge in [-0.2, -0.15) is 0 Å². The van der Waals surface area contributed by atoms with E-state index in [1.54, 1.807) is 24.4 Å². The Labute approximate surface area is 217 Å². The number of benzene rings is 3. The lowest BCUT2D eigenvalue weighted by atomic mass is 10.1. The first kappa shape index (κ1) is 23.8. The Balaban J connectivity index is 1.23. The zero-order chi connectivity index (χ0) is 24.9. The third kappa shape index (κ3) is 5.34. The summed E-state index contributed by atoms with van der Waals surface area (Å²) in [6.07, 6.45) is 2.46. The van der Waals surface area contributed by atoms with Crippen LogP contribution in [0.5, 0.6) is 0 Å². The molecule has 178 valence electrons. The van der Waals surface area contributed by atoms with Gasteiger partial charge < -0.3 is 16.4 Å². The van der Waals surface area contributed by atoms with E-state index in [0.29, 0.717) is 36.3 Å². The van der Waals surface area contributed by atoms with Crippen LogP contribution < -0.4 is 16.4 Å². The summed E-state index contributed by atoms with van der Waals surface area (Å²) in [6, 6.07) is 20.8. The predicted molar refractivity (Wildman–Crippen MR) is 144 cm³/mol. The van der Waals surface area contributed by atoms with E-state index < -0.39 is 0 Å². The number of carbonyl (C=O) groups excluding carboxylic acids is 2. The molecule has 0 saturated carbocycles. The molecular weight excluding hydrogens is 488 g/mol. The van der Waals surface area contributed by atoms with Crippen molar-refractivity contribution in [2.45, 2.75) is 22.8 Å². The summed E-state index contributed by atoms with van der Waals surface area (Å²) in [5.41, 5.74) is 9.15. The molecule has 0 unspecified atom stereocenters. The Morgan fingerprint density at radius 2 is 1.89 bits per heavy atom. The molecule has 0 atom stereocenters. The van der Waals surface area contributed by atoms with Crippen LogP contribution in [0.25, 0.3) is 10.6 Å². The highest BCUT2D eigenvalue weighted by Crippen LogP contribution is 2.39. The molecule has 4 N–H and O–H groups in total. The number of carbonyl (C=O) groups is 2. The van der Waals surface area contributed by atoms with Gasteiger partial charge in [0.2, 0.25) is 0 Å². The molecule has 36 heavy (non-hydrogen) atoms. The van der Waals surface area contributed by atoms with Gasteiger partial charge in [-0.15, -0.1) is 11.3 Å². The van der Waals surface area contributed by atoms with Crippen LogP contribution in [0.1, 0.15) is 37.6 Å². The number of amides is 2. The number of nitrogens with zero attached hydrogens (tertiary/aromatic N) is 1. The van der Waals surface area contributed by atoms with Gasteiger partial charge in [0.25, 0.3) is 11.8 Å². The van der Waals surface area contributed by atoms with Crippen LogP contribution >= 0.6 is 23.1 Å². The lowest BCUT2D eigenvalue weighted by molar-refractivity contribution is 0.0949. The average molecular weight is 511 g/mol. The van der Waals surface area contributed by atoms with Crippen LogP contribution in [0.2, 0.25) is 0 Å². The van der Waals surface area contributed by atoms with Crippen molar-refractivity contribution in [2.24, 2.45) is 5.73 Å². The van der Waals surface area contributed by atoms with Gasteiger partial charge in [0.1, 0.15) is 5.01 Å². The van der Waals surface area contributed by atoms with Crippen molar-refractivity contribution in [3.63, 3.8) is 0 Å². The molecule has 0 saturated heterocycles. The number of hydrogen-bond acceptors (Lipinski definition) is 6. The molecule has 2 amide bonds. The molecular formula is C28H22N4O2S2. The summed E-state index contributed by atoms with van der Waals surface area (Å²) in [4.78, 5) is 32.7. The standard InChI is InChI=1S/C28H22N4O2S2/c29-14-4-3-5-18-8-10-19(11-9-18)28-31-17-21(35-28)16-30-26(33)20-12-13-25-23(15-20)32-27(34)22-6-1-2-7-24(22)36-25/h1-2,6-13,15,17H,4,14,16,29H2,(H,30,33)(H,32,34). The largest absolute Gasteiger partial charge is 0.347 e. The minimum Gasteiger partial charge on any atom is -0.347 e. The number of nitrogens with two attached hydrogens (primary N) is 1. The van der Waals surface area contributed by atoms with Gasteiger partial charge in [-0.05, 0) is 42.5 Å². The number of fused-ring (bicyclic) bond motifs is 2. The molecule has 6 nitrogen and oxygen atoms in total. The maximum Gasteiger partial charge on any atom is 0.256 e. The molecule has 0 fully saturated rings. The lowest BCUT2D eigenvalue weighted by Gasteiger charge is -2.09. The predicted octanol–water partition coefficient (Wildman–Crippen LogP) is 5.16. The number of thiazole rings is 1. The summed E-state index contributed by atoms with van der Waals surface area (Å²) in [7, 11) is 0. The Morgan fingerprint density at radius 3 is 2.72 bits per heavy atom. The molecule has 0 spiro atoms. The van der Waals surface area contributed by atoms with Crippen LogP contribution in [-0.2, 0) is 6.54 Å². The number of anilines is 1. The van der Waals surface area contributed by atoms with Crippen molar-refractivity contribution in [3.05, 3.63) is 94.5 Å². The topological polar surface area (TPSA) is 97.1 Å². The zero-order valence-electron chi connectivity index (χ0n) is 19.2. The van der Waals surface area contributed by atoms with E-state index >= 15 is 0 Å². The molecule has 1 aromatic heterocycles. The van der Waals surface area contributed by atoms with E-state index in [4.69, 9.17) is 5.73 Å². The molecule has 5 rings (SSSR count). The highest BCUT2D eigenvalue weighted by Gasteiger charge is 2.20. The van der Waals surface area contributed by atoms with Gasteiger partial charge in [-0.1, -0.05) is 47.9 Å². The van der Waals surface area contributed by atoms with Gasteiger partial charge >= 0.3 is 0 Å². The number of hydrogen-bond donors (Lipinski definition) is 3. The third-order valence-electron chi connectivity index (χ3n) is 5.45. The molecule has 0 radical (unpaired) electrons. The van der Waals surface area contributed by atoms with Crippen LogP contribution in [0.4, 0.5) is 5.69 Å². The molecule has 0 bridgehead atoms. The highest BCUT2D eigenvalue weighted by atomic mass is 32.2. The second-order valence-corrected chi connectivity index (χ2v) is 10.2. The van der Waals surface area contributed by atoms with E-state index in [9.17, 15) is 9.59 Å². The Morgan fingerprint density at radius 1 is 1.06 bits per heavy atom. The quantitative estimate of drug-likeness (QED) is 0.322. The number of nitrogens with one attached hydrogen (secondary N) is 2. The SMILES string of the molecule is NCCC#Cc1ccc(-c2ncc(CNC(=O)c3ccc4c(c3)NC(=O)c3ccccc3S4)s2)cc1. The third-order valence-corrected chi connectivity index (χ3v) is 7.65. The van der Waals surface area contributed by atoms with E-state index in [1.165, 1.54) is 23.1 Å². The van der Waals surface area contributed by atoms with Crippen LogP contribution in [0, 0.1) is 11.8 Å². The first-order valence-corrected chi connectivity index (χ1v) is 13.0. The van der Waals surface area contributed by atoms with Crippen molar-refractivity contribution in [1.82, 2.24) is 10.3 Å². The fourth-order valence-electron chi connectivity index (χ4n) is 3.63. The summed E-state index contributed by atoms with van der Waals surface area (Å²) in [6.45, 7) is 0.920. The van der Waals surface area contributed by atoms with Gasteiger partial charge in [0, 0.05) is 50.5 Å². The van der Waals surface area contributed by atoms with Gasteiger partial charge in [0.05, 0.1) is 17.8 Å². The molecule has 4 aromatic rings. The summed E-state index contributed by atoms with van der Waals surface area (Å²) < 4.78 is 0. The van der Waals surface area contributed by atoms with Crippen LogP contribution in [-0.4, -0.2) is 23.3 Å². The summed E-state index contributed by atoms with van der Waals surface area (Å²) in [5, 5.41) is 6.76. The molecule has 0 aliphatic carbocycles. The van der Waals surface area contributed by atoms with Gasteiger partial charge in [-0.25, -0.2) is 4.98 Å². The minimum absolute atomic E-state index is 0.178. The molecule has 2 heterocycles. The second-order valence-electron chi connectivity index (χ2n) is 8.00. The average Bonchev–Trinajstić information content (AvgIpc) is 3.32. The van der Waals surface area contributed by atoms with Gasteiger partial charge in [0.15, 0.2) is 0 Å². The molecule has 8 heteroatoms. The van der Waals surface area contributed by atoms with Crippen molar-refractivity contribution in [3.8, 4) is 22.4 Å². The van der Waals surface area contributed by atoms with Crippen molar-refractivity contribution in [1.29, 1.82) is 0 Å². The Bertz CT molecular complexity index is 1500. The Hall–Kier alpha value is -3.90. The lowest BCUT2D eigenvalue weighted by Crippen LogP contribution is -2.22. The fourth-order valence-corrected chi connectivity index (χ4v) is 5.50. The monoisotopic (exact) mass is 510 g/mol. The highest BCUT2D eigenvalue weighted by molar-refractivity contribution is 7.99. The molecule has 1 aliphatic heterocycles. The van der Waals surface area contributed by atoms with Gasteiger partial charge in [-0.3, -0.25) is 9.59 Å². The minimum atomic E-state index is -0.214. The van der Waals surface area contributed by atoms with Crippen molar-refractivity contribution < 1.29 is 9.59 Å². The number of aromatic nitrogens is 1. The zero-order valence-corrected chi connectivity index (χ0v) is 20.8. The molecule has 1 aliphatic rings. The normalized spacial score (nSPS) is 11.9. The van der Waals surface area contributed by atoms with E-state index in [0.717, 1.165) is 30.8 Å². The maximum absolute atomic E-state index is 12.8. The van der Waals surface area contributed by atoms with E-state index in [-0.39, 0.29) is 11.8 Å². The first-order chi connectivity index (χ1) is 17.6. The summed E-state index contributed by atoms with van der Waals surface area (Å²) >= 11 is 3.04. The fraction of sp³-hybridized carbons (Fsp3) is 0.107. The van der Waals surface area contributed by atoms with E-state index in [2.05, 4.69) is 27.5 Å². The smallest absolute Gasteiger partial charge is 0.256 e. The van der Waals surface area contributed by atoms with Crippen molar-refractivity contribution in [2.75, 3.05) is 11.9 Å². The van der Waals surface area contributed by atoms with E-state index in [1.807, 2.05) is 48.5 Å². The van der Waals surface area contributed by atoms with Crippen LogP contribution in [0.3, 0.4) is 0 Å². The van der Waals surface area contributed by atoms with Crippen LogP contribution in [0.15, 0.2) is 82.7 Å². The second kappa shape index (κ2) is 10.8. The molecule has 3 aromatic carbocycles. The Kier molecular flexibility index (Phi) is 7.14. The summed E-state index contributed by atoms with van der Waals surface area (Å²) in [5.74, 6) is 5.73. The maximum atomic E-state index is 12.8. The van der Waals surface area contributed by atoms with Crippen molar-refractivity contribution >= 4 is 40.6 Å². The number of rotatable bonds is 5. The first-order valence-electron chi connectivity index (χ1n) is 11.4.